The molecule has 1 fully saturated rings. The summed E-state index contributed by atoms with van der Waals surface area (Å²) in [6.45, 7) is 4.05. The second-order valence-electron chi connectivity index (χ2n) is 6.78. The number of piperazine rings is 1. The number of benzene rings is 1. The Morgan fingerprint density at radius 1 is 1.13 bits per heavy atom. The molecular formula is C20H25N3O5S2. The van der Waals surface area contributed by atoms with E-state index in [1.807, 2.05) is 42.2 Å². The number of carbonyl (C=O) groups excluding carboxylic acids is 2. The van der Waals surface area contributed by atoms with Crippen LogP contribution in [0.5, 0.6) is 0 Å². The fourth-order valence-corrected chi connectivity index (χ4v) is 5.99. The number of thiophene rings is 1. The largest absolute Gasteiger partial charge is 0.465 e. The zero-order valence-electron chi connectivity index (χ0n) is 17.0. The number of carbonyl (C=O) groups is 2. The lowest BCUT2D eigenvalue weighted by Crippen LogP contribution is -2.52. The second-order valence-corrected chi connectivity index (χ2v) is 9.86. The van der Waals surface area contributed by atoms with Crippen LogP contribution in [-0.2, 0) is 19.6 Å². The minimum absolute atomic E-state index is 0.0261. The van der Waals surface area contributed by atoms with Crippen LogP contribution in [0.25, 0.3) is 0 Å². The van der Waals surface area contributed by atoms with Crippen LogP contribution in [-0.4, -0.2) is 75.9 Å². The Balaban J connectivity index is 1.60. The standard InChI is InChI=1S/C20H25N3O5S2/c1-3-21(17-7-5-4-6-8-17)14-18(24)22-9-11-23(12-10-22)30(26,27)19-13-16(15-29-19)20(25)28-2/h4-8,13,15H,3,9-12,14H2,1-2H3. The Kier molecular flexibility index (Phi) is 7.11. The van der Waals surface area contributed by atoms with Crippen molar-refractivity contribution in [1.29, 1.82) is 0 Å². The van der Waals surface area contributed by atoms with Gasteiger partial charge in [-0.05, 0) is 25.1 Å². The summed E-state index contributed by atoms with van der Waals surface area (Å²) in [6, 6.07) is 11.1. The molecule has 0 N–H and O–H groups in total. The lowest BCUT2D eigenvalue weighted by molar-refractivity contribution is -0.130. The fourth-order valence-electron chi connectivity index (χ4n) is 3.27. The van der Waals surface area contributed by atoms with Crippen molar-refractivity contribution in [3.63, 3.8) is 0 Å². The van der Waals surface area contributed by atoms with Gasteiger partial charge in [-0.1, -0.05) is 18.2 Å². The molecule has 2 aromatic rings. The predicted molar refractivity (Wildman–Crippen MR) is 115 cm³/mol. The smallest absolute Gasteiger partial charge is 0.338 e. The Labute approximate surface area is 180 Å². The summed E-state index contributed by atoms with van der Waals surface area (Å²) in [5.41, 5.74) is 1.20. The minimum atomic E-state index is -3.71. The van der Waals surface area contributed by atoms with Gasteiger partial charge in [0, 0.05) is 43.8 Å². The monoisotopic (exact) mass is 451 g/mol. The van der Waals surface area contributed by atoms with Crippen LogP contribution >= 0.6 is 11.3 Å². The van der Waals surface area contributed by atoms with Crippen LogP contribution in [0.3, 0.4) is 0 Å². The van der Waals surface area contributed by atoms with E-state index in [0.29, 0.717) is 19.6 Å². The highest BCUT2D eigenvalue weighted by Gasteiger charge is 2.32. The van der Waals surface area contributed by atoms with Crippen LogP contribution < -0.4 is 4.90 Å². The molecule has 0 saturated carbocycles. The molecule has 1 amide bonds. The van der Waals surface area contributed by atoms with Crippen LogP contribution in [0, 0.1) is 0 Å². The summed E-state index contributed by atoms with van der Waals surface area (Å²) in [5.74, 6) is -0.594. The highest BCUT2D eigenvalue weighted by molar-refractivity contribution is 7.91. The SMILES string of the molecule is CCN(CC(=O)N1CCN(S(=O)(=O)c2cc(C(=O)OC)cs2)CC1)c1ccccc1. The van der Waals surface area contributed by atoms with Crippen LogP contribution in [0.15, 0.2) is 46.0 Å². The maximum Gasteiger partial charge on any atom is 0.338 e. The number of esters is 1. The third-order valence-electron chi connectivity index (χ3n) is 5.01. The number of likely N-dealkylation sites (N-methyl/N-ethyl adjacent to an activating group) is 1. The lowest BCUT2D eigenvalue weighted by Gasteiger charge is -2.35. The summed E-state index contributed by atoms with van der Waals surface area (Å²) < 4.78 is 31.8. The zero-order valence-corrected chi connectivity index (χ0v) is 18.6. The second kappa shape index (κ2) is 9.59. The molecule has 3 rings (SSSR count). The first-order valence-corrected chi connectivity index (χ1v) is 11.9. The van der Waals surface area contributed by atoms with Crippen molar-refractivity contribution in [3.05, 3.63) is 47.3 Å². The topological polar surface area (TPSA) is 87.2 Å². The zero-order chi connectivity index (χ0) is 21.7. The molecule has 0 aliphatic carbocycles. The first-order chi connectivity index (χ1) is 14.4. The molecule has 2 heterocycles. The average molecular weight is 452 g/mol. The van der Waals surface area contributed by atoms with Gasteiger partial charge >= 0.3 is 5.97 Å². The maximum atomic E-state index is 12.9. The van der Waals surface area contributed by atoms with E-state index < -0.39 is 16.0 Å². The number of hydrogen-bond acceptors (Lipinski definition) is 7. The molecule has 1 aromatic carbocycles. The Hall–Kier alpha value is -2.43. The maximum absolute atomic E-state index is 12.9. The van der Waals surface area contributed by atoms with Gasteiger partial charge < -0.3 is 14.5 Å². The third kappa shape index (κ3) is 4.82. The Bertz CT molecular complexity index is 983. The third-order valence-corrected chi connectivity index (χ3v) is 8.32. The minimum Gasteiger partial charge on any atom is -0.465 e. The van der Waals surface area contributed by atoms with E-state index in [2.05, 4.69) is 4.74 Å². The van der Waals surface area contributed by atoms with E-state index in [1.165, 1.54) is 22.9 Å². The summed E-state index contributed by atoms with van der Waals surface area (Å²) in [5, 5.41) is 1.47. The number of para-hydroxylation sites is 1. The molecule has 10 heteroatoms. The van der Waals surface area contributed by atoms with Crippen molar-refractivity contribution in [2.45, 2.75) is 11.1 Å². The number of nitrogens with zero attached hydrogens (tertiary/aromatic N) is 3. The highest BCUT2D eigenvalue weighted by Crippen LogP contribution is 2.25. The normalized spacial score (nSPS) is 15.1. The molecule has 0 spiro atoms. The molecule has 8 nitrogen and oxygen atoms in total. The molecular weight excluding hydrogens is 426 g/mol. The van der Waals surface area contributed by atoms with Crippen molar-refractivity contribution in [3.8, 4) is 0 Å². The van der Waals surface area contributed by atoms with Gasteiger partial charge in [-0.25, -0.2) is 13.2 Å². The molecule has 1 aliphatic heterocycles. The van der Waals surface area contributed by atoms with Gasteiger partial charge in [0.2, 0.25) is 5.91 Å². The van der Waals surface area contributed by atoms with Crippen molar-refractivity contribution < 1.29 is 22.7 Å². The lowest BCUT2D eigenvalue weighted by atomic mass is 10.2. The van der Waals surface area contributed by atoms with Gasteiger partial charge in [0.1, 0.15) is 4.21 Å². The summed E-state index contributed by atoms with van der Waals surface area (Å²) in [6.07, 6.45) is 0. The quantitative estimate of drug-likeness (QED) is 0.598. The summed E-state index contributed by atoms with van der Waals surface area (Å²) >= 11 is 0.992. The molecule has 1 saturated heterocycles. The molecule has 30 heavy (non-hydrogen) atoms. The number of methoxy groups -OCH3 is 1. The van der Waals surface area contributed by atoms with Crippen molar-refractivity contribution >= 4 is 38.9 Å². The molecule has 0 atom stereocenters. The van der Waals surface area contributed by atoms with Gasteiger partial charge in [-0.2, -0.15) is 4.31 Å². The van der Waals surface area contributed by atoms with Gasteiger partial charge in [-0.15, -0.1) is 11.3 Å². The number of amides is 1. The van der Waals surface area contributed by atoms with Gasteiger partial charge in [0.25, 0.3) is 10.0 Å². The van der Waals surface area contributed by atoms with Gasteiger partial charge in [0.15, 0.2) is 0 Å². The fraction of sp³-hybridized carbons (Fsp3) is 0.400. The first kappa shape index (κ1) is 22.3. The van der Waals surface area contributed by atoms with Crippen molar-refractivity contribution in [2.75, 3.05) is 51.3 Å². The summed E-state index contributed by atoms with van der Waals surface area (Å²) in [4.78, 5) is 28.0. The van der Waals surface area contributed by atoms with Gasteiger partial charge in [-0.3, -0.25) is 4.79 Å². The van der Waals surface area contributed by atoms with Crippen molar-refractivity contribution in [1.82, 2.24) is 9.21 Å². The molecule has 0 bridgehead atoms. The van der Waals surface area contributed by atoms with E-state index in [9.17, 15) is 18.0 Å². The van der Waals surface area contributed by atoms with E-state index in [1.54, 1.807) is 4.90 Å². The number of sulfonamides is 1. The first-order valence-electron chi connectivity index (χ1n) is 9.61. The van der Waals surface area contributed by atoms with Crippen molar-refractivity contribution in [2.24, 2.45) is 0 Å². The summed E-state index contributed by atoms with van der Waals surface area (Å²) in [7, 11) is -2.46. The molecule has 162 valence electrons. The number of rotatable bonds is 7. The Morgan fingerprint density at radius 3 is 2.40 bits per heavy atom. The van der Waals surface area contributed by atoms with Crippen LogP contribution in [0.2, 0.25) is 0 Å². The number of hydrogen-bond donors (Lipinski definition) is 0. The van der Waals surface area contributed by atoms with E-state index in [4.69, 9.17) is 0 Å². The molecule has 0 unspecified atom stereocenters. The van der Waals surface area contributed by atoms with Crippen LogP contribution in [0.4, 0.5) is 5.69 Å². The molecule has 0 radical (unpaired) electrons. The predicted octanol–water partition coefficient (Wildman–Crippen LogP) is 1.89. The molecule has 1 aromatic heterocycles. The Morgan fingerprint density at radius 2 is 1.80 bits per heavy atom. The molecule has 1 aliphatic rings. The highest BCUT2D eigenvalue weighted by atomic mass is 32.2. The van der Waals surface area contributed by atoms with Crippen LogP contribution in [0.1, 0.15) is 17.3 Å². The van der Waals surface area contributed by atoms with E-state index >= 15 is 0 Å². The number of ether oxygens (including phenoxy) is 1. The van der Waals surface area contributed by atoms with E-state index in [0.717, 1.165) is 17.0 Å². The number of anilines is 1. The van der Waals surface area contributed by atoms with E-state index in [-0.39, 0.29) is 35.3 Å². The average Bonchev–Trinajstić information content (AvgIpc) is 3.28. The van der Waals surface area contributed by atoms with Gasteiger partial charge in [0.05, 0.1) is 19.2 Å².